The van der Waals surface area contributed by atoms with E-state index in [9.17, 15) is 14.7 Å². The minimum Gasteiger partial charge on any atom is -0.481 e. The van der Waals surface area contributed by atoms with Crippen LogP contribution in [0.15, 0.2) is 46.9 Å². The number of anilines is 1. The normalized spacial score (nSPS) is 14.4. The van der Waals surface area contributed by atoms with Crippen LogP contribution < -0.4 is 10.4 Å². The number of fused-ring (bicyclic) bond motifs is 1. The molecule has 1 atom stereocenters. The Kier molecular flexibility index (Phi) is 7.70. The Morgan fingerprint density at radius 1 is 1.29 bits per heavy atom. The predicted molar refractivity (Wildman–Crippen MR) is 135 cm³/mol. The molecule has 2 heterocycles. The second-order valence-corrected chi connectivity index (χ2v) is 9.57. The summed E-state index contributed by atoms with van der Waals surface area (Å²) in [4.78, 5) is 35.2. The lowest BCUT2D eigenvalue weighted by Crippen LogP contribution is -2.30. The second kappa shape index (κ2) is 10.7. The van der Waals surface area contributed by atoms with Gasteiger partial charge in [0.1, 0.15) is 0 Å². The zero-order valence-electron chi connectivity index (χ0n) is 18.7. The molecule has 0 bridgehead atoms. The summed E-state index contributed by atoms with van der Waals surface area (Å²) in [7, 11) is 0. The zero-order chi connectivity index (χ0) is 24.2. The number of carboxylic acid groups (broad SMARTS) is 1. The number of halogens is 2. The SMILES string of the molecule is Cc1c(N2CCCO2)nc2ccc(Br)cc2c1C(=O)NC[C@H](CCC(=O)O)c1ccccc1Cl. The molecule has 1 fully saturated rings. The molecule has 4 rings (SSSR count). The van der Waals surface area contributed by atoms with E-state index in [1.807, 2.05) is 43.3 Å². The molecule has 1 amide bonds. The van der Waals surface area contributed by atoms with Gasteiger partial charge >= 0.3 is 5.97 Å². The first kappa shape index (κ1) is 24.4. The van der Waals surface area contributed by atoms with Gasteiger partial charge in [0, 0.05) is 45.9 Å². The van der Waals surface area contributed by atoms with Crippen LogP contribution in [-0.4, -0.2) is 41.7 Å². The van der Waals surface area contributed by atoms with Crippen LogP contribution >= 0.6 is 27.5 Å². The maximum Gasteiger partial charge on any atom is 0.303 e. The highest BCUT2D eigenvalue weighted by Gasteiger charge is 2.25. The standard InChI is InChI=1S/C25H25BrClN3O4/c1-15-23(19-13-17(26)8-9-21(19)29-24(15)30-11-4-12-34-30)25(33)28-14-16(7-10-22(31)32)18-5-2-3-6-20(18)27/h2-3,5-6,8-9,13,16H,4,7,10-12,14H2,1H3,(H,28,33)(H,31,32)/t16-/m0/s1. The number of nitrogens with one attached hydrogen (secondary N) is 1. The quantitative estimate of drug-likeness (QED) is 0.389. The van der Waals surface area contributed by atoms with Crippen molar-refractivity contribution in [2.75, 3.05) is 24.8 Å². The summed E-state index contributed by atoms with van der Waals surface area (Å²) in [6, 6.07) is 13.0. The number of amides is 1. The van der Waals surface area contributed by atoms with E-state index in [0.717, 1.165) is 27.4 Å². The smallest absolute Gasteiger partial charge is 0.303 e. The van der Waals surface area contributed by atoms with Crippen molar-refractivity contribution in [3.8, 4) is 0 Å². The Balaban J connectivity index is 1.67. The number of aliphatic carboxylic acids is 1. The highest BCUT2D eigenvalue weighted by Crippen LogP contribution is 2.32. The molecule has 1 aliphatic heterocycles. The largest absolute Gasteiger partial charge is 0.481 e. The minimum absolute atomic E-state index is 0.0215. The Bertz CT molecular complexity index is 1230. The molecule has 1 saturated heterocycles. The first-order valence-electron chi connectivity index (χ1n) is 11.1. The summed E-state index contributed by atoms with van der Waals surface area (Å²) in [6.07, 6.45) is 1.23. The van der Waals surface area contributed by atoms with Crippen LogP contribution in [-0.2, 0) is 9.63 Å². The first-order valence-corrected chi connectivity index (χ1v) is 12.3. The summed E-state index contributed by atoms with van der Waals surface area (Å²) in [6.45, 7) is 3.45. The fourth-order valence-corrected chi connectivity index (χ4v) is 4.89. The van der Waals surface area contributed by atoms with Gasteiger partial charge in [0.15, 0.2) is 5.82 Å². The fraction of sp³-hybridized carbons (Fsp3) is 0.320. The predicted octanol–water partition coefficient (Wildman–Crippen LogP) is 5.48. The lowest BCUT2D eigenvalue weighted by molar-refractivity contribution is -0.137. The third-order valence-electron chi connectivity index (χ3n) is 5.94. The lowest BCUT2D eigenvalue weighted by Gasteiger charge is -2.22. The van der Waals surface area contributed by atoms with Gasteiger partial charge in [-0.3, -0.25) is 14.4 Å². The van der Waals surface area contributed by atoms with Crippen LogP contribution in [0.25, 0.3) is 10.9 Å². The van der Waals surface area contributed by atoms with Crippen LogP contribution in [0.4, 0.5) is 5.82 Å². The molecule has 0 saturated carbocycles. The Labute approximate surface area is 211 Å². The van der Waals surface area contributed by atoms with Crippen molar-refractivity contribution in [1.29, 1.82) is 0 Å². The molecule has 2 aromatic carbocycles. The number of rotatable bonds is 8. The number of carbonyl (C=O) groups is 2. The number of hydrogen-bond acceptors (Lipinski definition) is 5. The first-order chi connectivity index (χ1) is 16.3. The number of carbonyl (C=O) groups excluding carboxylic acids is 1. The van der Waals surface area contributed by atoms with Gasteiger partial charge in [-0.1, -0.05) is 45.7 Å². The molecule has 0 unspecified atom stereocenters. The average molecular weight is 547 g/mol. The third-order valence-corrected chi connectivity index (χ3v) is 6.78. The fourth-order valence-electron chi connectivity index (χ4n) is 4.24. The average Bonchev–Trinajstić information content (AvgIpc) is 3.34. The van der Waals surface area contributed by atoms with Gasteiger partial charge in [0.2, 0.25) is 0 Å². The molecule has 7 nitrogen and oxygen atoms in total. The number of carboxylic acids is 1. The van der Waals surface area contributed by atoms with Crippen LogP contribution in [0.3, 0.4) is 0 Å². The van der Waals surface area contributed by atoms with Crippen LogP contribution in [0.2, 0.25) is 5.02 Å². The summed E-state index contributed by atoms with van der Waals surface area (Å²) in [5, 5.41) is 15.2. The van der Waals surface area contributed by atoms with E-state index >= 15 is 0 Å². The highest BCUT2D eigenvalue weighted by molar-refractivity contribution is 9.10. The molecule has 0 aliphatic carbocycles. The molecule has 178 valence electrons. The molecule has 1 aliphatic rings. The maximum atomic E-state index is 13.6. The summed E-state index contributed by atoms with van der Waals surface area (Å²) >= 11 is 9.88. The van der Waals surface area contributed by atoms with Gasteiger partial charge in [0.05, 0.1) is 17.7 Å². The summed E-state index contributed by atoms with van der Waals surface area (Å²) in [5.74, 6) is -0.753. The van der Waals surface area contributed by atoms with Gasteiger partial charge in [-0.05, 0) is 49.6 Å². The molecule has 0 spiro atoms. The lowest BCUT2D eigenvalue weighted by atomic mass is 9.93. The van der Waals surface area contributed by atoms with Gasteiger partial charge in [-0.2, -0.15) is 0 Å². The summed E-state index contributed by atoms with van der Waals surface area (Å²) < 4.78 is 0.843. The van der Waals surface area contributed by atoms with E-state index in [1.165, 1.54) is 0 Å². The van der Waals surface area contributed by atoms with Gasteiger partial charge < -0.3 is 10.4 Å². The Morgan fingerprint density at radius 2 is 2.09 bits per heavy atom. The second-order valence-electron chi connectivity index (χ2n) is 8.25. The monoisotopic (exact) mass is 545 g/mol. The highest BCUT2D eigenvalue weighted by atomic mass is 79.9. The van der Waals surface area contributed by atoms with E-state index in [2.05, 4.69) is 21.2 Å². The Hall–Kier alpha value is -2.68. The van der Waals surface area contributed by atoms with Crippen molar-refractivity contribution in [2.45, 2.75) is 32.1 Å². The van der Waals surface area contributed by atoms with Crippen molar-refractivity contribution in [3.63, 3.8) is 0 Å². The van der Waals surface area contributed by atoms with Gasteiger partial charge in [-0.25, -0.2) is 10.0 Å². The van der Waals surface area contributed by atoms with Crippen molar-refractivity contribution in [1.82, 2.24) is 10.3 Å². The van der Waals surface area contributed by atoms with Gasteiger partial charge in [0.25, 0.3) is 5.91 Å². The molecule has 1 aromatic heterocycles. The Morgan fingerprint density at radius 3 is 2.79 bits per heavy atom. The van der Waals surface area contributed by atoms with Crippen molar-refractivity contribution < 1.29 is 19.5 Å². The number of nitrogens with zero attached hydrogens (tertiary/aromatic N) is 2. The van der Waals surface area contributed by atoms with Crippen LogP contribution in [0.1, 0.15) is 46.7 Å². The van der Waals surface area contributed by atoms with Crippen LogP contribution in [0.5, 0.6) is 0 Å². The molecule has 3 aromatic rings. The molecular formula is C25H25BrClN3O4. The molecule has 0 radical (unpaired) electrons. The van der Waals surface area contributed by atoms with Gasteiger partial charge in [-0.15, -0.1) is 0 Å². The number of benzene rings is 2. The van der Waals surface area contributed by atoms with E-state index in [4.69, 9.17) is 21.4 Å². The van der Waals surface area contributed by atoms with Crippen molar-refractivity contribution in [2.24, 2.45) is 0 Å². The number of hydroxylamine groups is 1. The molecular weight excluding hydrogens is 522 g/mol. The van der Waals surface area contributed by atoms with E-state index in [-0.39, 0.29) is 24.8 Å². The van der Waals surface area contributed by atoms with Crippen molar-refractivity contribution in [3.05, 3.63) is 68.7 Å². The van der Waals surface area contributed by atoms with E-state index in [1.54, 1.807) is 11.1 Å². The molecule has 9 heteroatoms. The molecule has 2 N–H and O–H groups in total. The topological polar surface area (TPSA) is 91.8 Å². The number of hydrogen-bond donors (Lipinski definition) is 2. The van der Waals surface area contributed by atoms with Crippen molar-refractivity contribution >= 4 is 56.1 Å². The number of pyridine rings is 1. The van der Waals surface area contributed by atoms with Crippen LogP contribution in [0, 0.1) is 6.92 Å². The number of aromatic nitrogens is 1. The zero-order valence-corrected chi connectivity index (χ0v) is 21.0. The molecule has 34 heavy (non-hydrogen) atoms. The minimum atomic E-state index is -0.889. The maximum absolute atomic E-state index is 13.6. The third kappa shape index (κ3) is 5.35. The summed E-state index contributed by atoms with van der Waals surface area (Å²) in [5.41, 5.74) is 2.76. The van der Waals surface area contributed by atoms with E-state index in [0.29, 0.717) is 41.5 Å². The van der Waals surface area contributed by atoms with E-state index < -0.39 is 5.97 Å².